The van der Waals surface area contributed by atoms with Crippen LogP contribution in [0.25, 0.3) is 0 Å². The van der Waals surface area contributed by atoms with Gasteiger partial charge in [0.1, 0.15) is 5.75 Å². The molecule has 0 unspecified atom stereocenters. The molecule has 3 heteroatoms. The van der Waals surface area contributed by atoms with Gasteiger partial charge in [-0.25, -0.2) is 5.53 Å². The van der Waals surface area contributed by atoms with Crippen molar-refractivity contribution in [1.82, 2.24) is 0 Å². The molecule has 0 bridgehead atoms. The van der Waals surface area contributed by atoms with Crippen molar-refractivity contribution in [3.63, 3.8) is 0 Å². The second-order valence-corrected chi connectivity index (χ2v) is 2.16. The Morgan fingerprint density at radius 3 is 2.45 bits per heavy atom. The molecule has 1 rings (SSSR count). The van der Waals surface area contributed by atoms with Crippen LogP contribution in [0.2, 0.25) is 0 Å². The van der Waals surface area contributed by atoms with Gasteiger partial charge in [0.25, 0.3) is 0 Å². The zero-order valence-electron chi connectivity index (χ0n) is 6.37. The molecular formula is C8H10N2O. The van der Waals surface area contributed by atoms with Crippen LogP contribution in [-0.4, -0.2) is 7.11 Å². The molecule has 0 spiro atoms. The van der Waals surface area contributed by atoms with Crippen LogP contribution < -0.4 is 4.74 Å². The van der Waals surface area contributed by atoms with Crippen molar-refractivity contribution < 1.29 is 4.74 Å². The number of hydrogen-bond donors (Lipinski definition) is 1. The maximum absolute atomic E-state index is 6.63. The van der Waals surface area contributed by atoms with E-state index < -0.39 is 0 Å². The van der Waals surface area contributed by atoms with Gasteiger partial charge < -0.3 is 4.74 Å². The molecule has 0 atom stereocenters. The molecule has 0 saturated carbocycles. The third-order valence-corrected chi connectivity index (χ3v) is 1.42. The van der Waals surface area contributed by atoms with E-state index in [-0.39, 0.29) is 0 Å². The molecule has 1 aromatic rings. The molecule has 0 fully saturated rings. The fourth-order valence-corrected chi connectivity index (χ4v) is 0.822. The average molecular weight is 150 g/mol. The predicted octanol–water partition coefficient (Wildman–Crippen LogP) is 2.23. The summed E-state index contributed by atoms with van der Waals surface area (Å²) in [6.45, 7) is 0.448. The first-order chi connectivity index (χ1) is 5.36. The lowest BCUT2D eigenvalue weighted by atomic mass is 10.2. The highest BCUT2D eigenvalue weighted by molar-refractivity contribution is 5.26. The van der Waals surface area contributed by atoms with Crippen LogP contribution in [0.3, 0.4) is 0 Å². The average Bonchev–Trinajstić information content (AvgIpc) is 2.07. The van der Waals surface area contributed by atoms with E-state index in [0.29, 0.717) is 6.54 Å². The maximum Gasteiger partial charge on any atom is 0.118 e. The van der Waals surface area contributed by atoms with E-state index in [0.717, 1.165) is 11.3 Å². The van der Waals surface area contributed by atoms with Crippen LogP contribution in [0.1, 0.15) is 5.56 Å². The van der Waals surface area contributed by atoms with Gasteiger partial charge in [-0.3, -0.25) is 0 Å². The summed E-state index contributed by atoms with van der Waals surface area (Å²) < 4.78 is 4.97. The minimum absolute atomic E-state index is 0.448. The molecule has 0 radical (unpaired) electrons. The summed E-state index contributed by atoms with van der Waals surface area (Å²) in [6.07, 6.45) is 0. The fraction of sp³-hybridized carbons (Fsp3) is 0.250. The van der Waals surface area contributed by atoms with Gasteiger partial charge in [0, 0.05) is 0 Å². The van der Waals surface area contributed by atoms with Crippen molar-refractivity contribution in [3.05, 3.63) is 29.8 Å². The van der Waals surface area contributed by atoms with Gasteiger partial charge in [-0.05, 0) is 17.7 Å². The molecule has 58 valence electrons. The summed E-state index contributed by atoms with van der Waals surface area (Å²) in [5.41, 5.74) is 7.66. The zero-order valence-corrected chi connectivity index (χ0v) is 6.37. The van der Waals surface area contributed by atoms with E-state index in [1.165, 1.54) is 0 Å². The molecule has 0 amide bonds. The van der Waals surface area contributed by atoms with Gasteiger partial charge in [-0.1, -0.05) is 12.1 Å². The highest BCUT2D eigenvalue weighted by Crippen LogP contribution is 2.11. The molecule has 1 N–H and O–H groups in total. The van der Waals surface area contributed by atoms with Crippen LogP contribution in [0.15, 0.2) is 29.4 Å². The molecular weight excluding hydrogens is 140 g/mol. The lowest BCUT2D eigenvalue weighted by Crippen LogP contribution is -1.83. The van der Waals surface area contributed by atoms with Crippen molar-refractivity contribution in [2.75, 3.05) is 7.11 Å². The van der Waals surface area contributed by atoms with E-state index in [9.17, 15) is 0 Å². The van der Waals surface area contributed by atoms with E-state index >= 15 is 0 Å². The lowest BCUT2D eigenvalue weighted by Gasteiger charge is -1.99. The minimum Gasteiger partial charge on any atom is -0.497 e. The number of hydrogen-bond acceptors (Lipinski definition) is 3. The Labute approximate surface area is 65.5 Å². The molecule has 0 aliphatic rings. The standard InChI is InChI=1S/C8H10N2O/c1-11-8-4-2-7(3-5-8)6-10-9/h2-5,9H,6H2,1H3. The zero-order chi connectivity index (χ0) is 8.10. The molecule has 0 aliphatic heterocycles. The molecule has 0 heterocycles. The Kier molecular flexibility index (Phi) is 2.60. The highest BCUT2D eigenvalue weighted by atomic mass is 16.5. The van der Waals surface area contributed by atoms with Crippen LogP contribution in [0.5, 0.6) is 5.75 Å². The second kappa shape index (κ2) is 3.71. The number of methoxy groups -OCH3 is 1. The first-order valence-electron chi connectivity index (χ1n) is 3.33. The quantitative estimate of drug-likeness (QED) is 0.660. The van der Waals surface area contributed by atoms with E-state index in [4.69, 9.17) is 10.3 Å². The highest BCUT2D eigenvalue weighted by Gasteiger charge is 1.91. The smallest absolute Gasteiger partial charge is 0.118 e. The normalized spacial score (nSPS) is 9.18. The molecule has 11 heavy (non-hydrogen) atoms. The van der Waals surface area contributed by atoms with Gasteiger partial charge in [-0.15, -0.1) is 0 Å². The number of ether oxygens (including phenoxy) is 1. The Morgan fingerprint density at radius 1 is 1.36 bits per heavy atom. The number of nitrogens with one attached hydrogen (secondary N) is 1. The summed E-state index contributed by atoms with van der Waals surface area (Å²) in [5.74, 6) is 0.832. The summed E-state index contributed by atoms with van der Waals surface area (Å²) in [7, 11) is 1.63. The van der Waals surface area contributed by atoms with Gasteiger partial charge in [0.2, 0.25) is 0 Å². The summed E-state index contributed by atoms with van der Waals surface area (Å²) >= 11 is 0. The SMILES string of the molecule is COc1ccc(CN=N)cc1. The van der Waals surface area contributed by atoms with Crippen LogP contribution in [0, 0.1) is 5.53 Å². The molecule has 3 nitrogen and oxygen atoms in total. The number of rotatable bonds is 3. The van der Waals surface area contributed by atoms with Crippen molar-refractivity contribution in [1.29, 1.82) is 5.53 Å². The van der Waals surface area contributed by atoms with E-state index in [1.807, 2.05) is 24.3 Å². The molecule has 1 aromatic carbocycles. The summed E-state index contributed by atoms with van der Waals surface area (Å²) in [6, 6.07) is 7.52. The maximum atomic E-state index is 6.63. The van der Waals surface area contributed by atoms with Gasteiger partial charge in [-0.2, -0.15) is 5.11 Å². The van der Waals surface area contributed by atoms with Gasteiger partial charge in [0.05, 0.1) is 13.7 Å². The summed E-state index contributed by atoms with van der Waals surface area (Å²) in [4.78, 5) is 0. The lowest BCUT2D eigenvalue weighted by molar-refractivity contribution is 0.414. The molecule has 0 saturated heterocycles. The first kappa shape index (κ1) is 7.72. The Balaban J connectivity index is 2.74. The van der Waals surface area contributed by atoms with Gasteiger partial charge in [0.15, 0.2) is 0 Å². The summed E-state index contributed by atoms with van der Waals surface area (Å²) in [5, 5.41) is 3.27. The minimum atomic E-state index is 0.448. The Morgan fingerprint density at radius 2 is 2.00 bits per heavy atom. The van der Waals surface area contributed by atoms with Crippen molar-refractivity contribution in [3.8, 4) is 5.75 Å². The third kappa shape index (κ3) is 2.04. The number of benzene rings is 1. The fourth-order valence-electron chi connectivity index (χ4n) is 0.822. The Bertz CT molecular complexity index is 230. The van der Waals surface area contributed by atoms with Crippen molar-refractivity contribution in [2.45, 2.75) is 6.54 Å². The largest absolute Gasteiger partial charge is 0.497 e. The molecule has 0 aromatic heterocycles. The van der Waals surface area contributed by atoms with Gasteiger partial charge >= 0.3 is 0 Å². The Hall–Kier alpha value is -1.38. The molecule has 0 aliphatic carbocycles. The van der Waals surface area contributed by atoms with Crippen molar-refractivity contribution >= 4 is 0 Å². The van der Waals surface area contributed by atoms with Crippen LogP contribution in [-0.2, 0) is 6.54 Å². The van der Waals surface area contributed by atoms with Crippen LogP contribution >= 0.6 is 0 Å². The monoisotopic (exact) mass is 150 g/mol. The second-order valence-electron chi connectivity index (χ2n) is 2.16. The third-order valence-electron chi connectivity index (χ3n) is 1.42. The van der Waals surface area contributed by atoms with Crippen molar-refractivity contribution in [2.24, 2.45) is 5.11 Å². The van der Waals surface area contributed by atoms with Crippen LogP contribution in [0.4, 0.5) is 0 Å². The first-order valence-corrected chi connectivity index (χ1v) is 3.33. The number of nitrogens with zero attached hydrogens (tertiary/aromatic N) is 1. The topological polar surface area (TPSA) is 45.4 Å². The predicted molar refractivity (Wildman–Crippen MR) is 41.8 cm³/mol. The van der Waals surface area contributed by atoms with E-state index in [2.05, 4.69) is 5.11 Å². The van der Waals surface area contributed by atoms with E-state index in [1.54, 1.807) is 7.11 Å².